The Morgan fingerprint density at radius 1 is 0.882 bits per heavy atom. The highest BCUT2D eigenvalue weighted by Gasteiger charge is 2.32. The van der Waals surface area contributed by atoms with Gasteiger partial charge in [0, 0.05) is 18.5 Å². The molecule has 3 aromatic rings. The van der Waals surface area contributed by atoms with Gasteiger partial charge in [0.05, 0.1) is 0 Å². The van der Waals surface area contributed by atoms with Crippen LogP contribution in [0.25, 0.3) is 0 Å². The van der Waals surface area contributed by atoms with Gasteiger partial charge in [0.15, 0.2) is 6.61 Å². The Kier molecular flexibility index (Phi) is 8.47. The normalized spacial score (nSPS) is 12.0. The van der Waals surface area contributed by atoms with Crippen molar-refractivity contribution in [3.05, 3.63) is 102 Å². The molecule has 0 saturated carbocycles. The maximum absolute atomic E-state index is 13.5. The minimum absolute atomic E-state index is 0.148. The molecule has 0 aliphatic heterocycles. The second-order valence-electron chi connectivity index (χ2n) is 9.56. The molecule has 0 heterocycles. The number of nitrogens with zero attached hydrogens (tertiary/aromatic N) is 1. The Hall–Kier alpha value is -3.60. The van der Waals surface area contributed by atoms with Gasteiger partial charge >= 0.3 is 0 Å². The zero-order valence-electron chi connectivity index (χ0n) is 20.5. The van der Waals surface area contributed by atoms with Crippen molar-refractivity contribution >= 4 is 11.8 Å². The second-order valence-corrected chi connectivity index (χ2v) is 9.56. The molecule has 34 heavy (non-hydrogen) atoms. The summed E-state index contributed by atoms with van der Waals surface area (Å²) in [5.41, 5.74) is 2.57. The molecule has 1 unspecified atom stereocenters. The number of amides is 2. The zero-order chi connectivity index (χ0) is 24.6. The van der Waals surface area contributed by atoms with Crippen molar-refractivity contribution in [3.8, 4) is 5.75 Å². The van der Waals surface area contributed by atoms with Crippen LogP contribution in [0, 0.1) is 6.92 Å². The lowest BCUT2D eigenvalue weighted by Crippen LogP contribution is -2.55. The fraction of sp³-hybridized carbons (Fsp3) is 0.310. The van der Waals surface area contributed by atoms with Gasteiger partial charge in [-0.15, -0.1) is 0 Å². The van der Waals surface area contributed by atoms with Gasteiger partial charge in [-0.05, 0) is 56.5 Å². The molecule has 1 N–H and O–H groups in total. The molecule has 2 amide bonds. The van der Waals surface area contributed by atoms with Gasteiger partial charge < -0.3 is 15.0 Å². The molecule has 0 radical (unpaired) electrons. The van der Waals surface area contributed by atoms with E-state index in [-0.39, 0.29) is 18.4 Å². The Bertz CT molecular complexity index is 1080. The molecule has 0 saturated heterocycles. The van der Waals surface area contributed by atoms with Gasteiger partial charge in [-0.3, -0.25) is 9.59 Å². The lowest BCUT2D eigenvalue weighted by Gasteiger charge is -2.33. The number of hydrogen-bond acceptors (Lipinski definition) is 3. The van der Waals surface area contributed by atoms with Gasteiger partial charge in [0.2, 0.25) is 5.91 Å². The fourth-order valence-electron chi connectivity index (χ4n) is 3.72. The first-order chi connectivity index (χ1) is 16.2. The van der Waals surface area contributed by atoms with E-state index in [2.05, 4.69) is 5.32 Å². The molecule has 5 nitrogen and oxygen atoms in total. The van der Waals surface area contributed by atoms with E-state index in [0.29, 0.717) is 18.7 Å². The largest absolute Gasteiger partial charge is 0.484 e. The number of rotatable bonds is 9. The van der Waals surface area contributed by atoms with Crippen LogP contribution in [0.1, 0.15) is 37.5 Å². The second kappa shape index (κ2) is 11.5. The number of nitrogens with one attached hydrogen (secondary N) is 1. The maximum Gasteiger partial charge on any atom is 0.261 e. The van der Waals surface area contributed by atoms with Crippen molar-refractivity contribution in [2.24, 2.45) is 0 Å². The Morgan fingerprint density at radius 3 is 2.09 bits per heavy atom. The zero-order valence-corrected chi connectivity index (χ0v) is 20.5. The number of carbonyl (C=O) groups excluding carboxylic acids is 2. The summed E-state index contributed by atoms with van der Waals surface area (Å²) in [7, 11) is 0. The Labute approximate surface area is 202 Å². The molecular weight excluding hydrogens is 424 g/mol. The number of hydrogen-bond donors (Lipinski definition) is 1. The topological polar surface area (TPSA) is 58.6 Å². The molecule has 0 aromatic heterocycles. The minimum Gasteiger partial charge on any atom is -0.484 e. The van der Waals surface area contributed by atoms with Crippen LogP contribution in [0.15, 0.2) is 84.9 Å². The number of ether oxygens (including phenoxy) is 1. The van der Waals surface area contributed by atoms with Crippen LogP contribution in [-0.2, 0) is 22.6 Å². The highest BCUT2D eigenvalue weighted by atomic mass is 16.5. The molecule has 178 valence electrons. The van der Waals surface area contributed by atoms with Crippen LogP contribution in [0.4, 0.5) is 0 Å². The predicted molar refractivity (Wildman–Crippen MR) is 135 cm³/mol. The van der Waals surface area contributed by atoms with Crippen molar-refractivity contribution in [1.82, 2.24) is 10.2 Å². The van der Waals surface area contributed by atoms with E-state index in [1.165, 1.54) is 0 Å². The molecule has 1 atom stereocenters. The smallest absolute Gasteiger partial charge is 0.261 e. The lowest BCUT2D eigenvalue weighted by molar-refractivity contribution is -0.143. The molecule has 3 rings (SSSR count). The van der Waals surface area contributed by atoms with Crippen LogP contribution >= 0.6 is 0 Å². The average molecular weight is 459 g/mol. The summed E-state index contributed by atoms with van der Waals surface area (Å²) in [6.07, 6.45) is 0.409. The summed E-state index contributed by atoms with van der Waals surface area (Å²) in [5, 5.41) is 3.07. The first-order valence-corrected chi connectivity index (χ1v) is 11.6. The third-order valence-electron chi connectivity index (χ3n) is 5.32. The molecule has 0 aliphatic rings. The Balaban J connectivity index is 1.90. The lowest BCUT2D eigenvalue weighted by atomic mass is 10.0. The standard InChI is InChI=1S/C29H34N2O3/c1-22-12-11-17-25(18-22)34-21-27(32)31(20-24-15-9-6-10-16-24)26(28(33)30-29(2,3)4)19-23-13-7-5-8-14-23/h5-18,26H,19-21H2,1-4H3,(H,30,33). The van der Waals surface area contributed by atoms with Gasteiger partial charge in [0.1, 0.15) is 11.8 Å². The van der Waals surface area contributed by atoms with E-state index in [4.69, 9.17) is 4.74 Å². The summed E-state index contributed by atoms with van der Waals surface area (Å²) >= 11 is 0. The van der Waals surface area contributed by atoms with E-state index < -0.39 is 11.6 Å². The SMILES string of the molecule is Cc1cccc(OCC(=O)N(Cc2ccccc2)C(Cc2ccccc2)C(=O)NC(C)(C)C)c1. The molecule has 0 fully saturated rings. The third kappa shape index (κ3) is 7.77. The highest BCUT2D eigenvalue weighted by molar-refractivity contribution is 5.89. The molecule has 5 heteroatoms. The third-order valence-corrected chi connectivity index (χ3v) is 5.32. The molecule has 3 aromatic carbocycles. The summed E-state index contributed by atoms with van der Waals surface area (Å²) in [6, 6.07) is 26.4. The van der Waals surface area contributed by atoms with Crippen molar-refractivity contribution in [1.29, 1.82) is 0 Å². The fourth-order valence-corrected chi connectivity index (χ4v) is 3.72. The summed E-state index contributed by atoms with van der Waals surface area (Å²) in [6.45, 7) is 7.96. The van der Waals surface area contributed by atoms with Crippen LogP contribution in [0.5, 0.6) is 5.75 Å². The summed E-state index contributed by atoms with van der Waals surface area (Å²) < 4.78 is 5.83. The van der Waals surface area contributed by atoms with Crippen LogP contribution in [0.2, 0.25) is 0 Å². The van der Waals surface area contributed by atoms with Gasteiger partial charge in [-0.2, -0.15) is 0 Å². The van der Waals surface area contributed by atoms with Crippen molar-refractivity contribution < 1.29 is 14.3 Å². The van der Waals surface area contributed by atoms with E-state index in [0.717, 1.165) is 16.7 Å². The van der Waals surface area contributed by atoms with Crippen LogP contribution in [0.3, 0.4) is 0 Å². The number of aryl methyl sites for hydroxylation is 1. The van der Waals surface area contributed by atoms with Gasteiger partial charge in [-0.1, -0.05) is 72.8 Å². The van der Waals surface area contributed by atoms with Crippen LogP contribution < -0.4 is 10.1 Å². The van der Waals surface area contributed by atoms with Crippen molar-refractivity contribution in [3.63, 3.8) is 0 Å². The van der Waals surface area contributed by atoms with Gasteiger partial charge in [0.25, 0.3) is 5.91 Å². The average Bonchev–Trinajstić information content (AvgIpc) is 2.80. The minimum atomic E-state index is -0.685. The van der Waals surface area contributed by atoms with E-state index in [1.54, 1.807) is 4.90 Å². The molecule has 0 aliphatic carbocycles. The summed E-state index contributed by atoms with van der Waals surface area (Å²) in [4.78, 5) is 28.6. The Morgan fingerprint density at radius 2 is 1.50 bits per heavy atom. The molecule has 0 spiro atoms. The first kappa shape index (κ1) is 25.0. The van der Waals surface area contributed by atoms with Crippen molar-refractivity contribution in [2.45, 2.75) is 52.2 Å². The van der Waals surface area contributed by atoms with Gasteiger partial charge in [-0.25, -0.2) is 0 Å². The van der Waals surface area contributed by atoms with E-state index in [1.807, 2.05) is 113 Å². The molecule has 0 bridgehead atoms. The first-order valence-electron chi connectivity index (χ1n) is 11.6. The van der Waals surface area contributed by atoms with E-state index >= 15 is 0 Å². The quantitative estimate of drug-likeness (QED) is 0.495. The van der Waals surface area contributed by atoms with E-state index in [9.17, 15) is 9.59 Å². The number of carbonyl (C=O) groups is 2. The number of benzene rings is 3. The van der Waals surface area contributed by atoms with Crippen molar-refractivity contribution in [2.75, 3.05) is 6.61 Å². The highest BCUT2D eigenvalue weighted by Crippen LogP contribution is 2.17. The predicted octanol–water partition coefficient (Wildman–Crippen LogP) is 4.93. The maximum atomic E-state index is 13.5. The molecular formula is C29H34N2O3. The summed E-state index contributed by atoms with van der Waals surface area (Å²) in [5.74, 6) is 0.207. The monoisotopic (exact) mass is 458 g/mol. The van der Waals surface area contributed by atoms with Crippen LogP contribution in [-0.4, -0.2) is 34.9 Å².